The number of carbonyl (C=O) groups is 1. The Hall–Kier alpha value is -1.69. The van der Waals surface area contributed by atoms with E-state index in [-0.39, 0.29) is 11.9 Å². The summed E-state index contributed by atoms with van der Waals surface area (Å²) in [5.74, 6) is 0.0310. The Morgan fingerprint density at radius 3 is 3.14 bits per heavy atom. The molecular weight excluding hydrogens is 332 g/mol. The lowest BCUT2D eigenvalue weighted by molar-refractivity contribution is -0.119. The van der Waals surface area contributed by atoms with Gasteiger partial charge in [-0.1, -0.05) is 0 Å². The lowest BCUT2D eigenvalue weighted by atomic mass is 10.0. The molecule has 0 aliphatic carbocycles. The third-order valence-electron chi connectivity index (χ3n) is 3.69. The van der Waals surface area contributed by atoms with Crippen molar-refractivity contribution in [3.63, 3.8) is 0 Å². The molecule has 110 valence electrons. The summed E-state index contributed by atoms with van der Waals surface area (Å²) in [5, 5.41) is 3.01. The van der Waals surface area contributed by atoms with Crippen LogP contribution < -0.4 is 10.2 Å². The fourth-order valence-corrected chi connectivity index (χ4v) is 3.17. The van der Waals surface area contributed by atoms with Crippen LogP contribution >= 0.6 is 15.9 Å². The van der Waals surface area contributed by atoms with Gasteiger partial charge in [0.15, 0.2) is 0 Å². The Kier molecular flexibility index (Phi) is 4.05. The number of aromatic nitrogens is 2. The molecule has 1 N–H and O–H groups in total. The van der Waals surface area contributed by atoms with Gasteiger partial charge in [-0.3, -0.25) is 14.8 Å². The summed E-state index contributed by atoms with van der Waals surface area (Å²) in [7, 11) is 0. The molecule has 3 rings (SSSR count). The largest absolute Gasteiger partial charge is 0.368 e. The number of fused-ring (bicyclic) bond motifs is 1. The molecule has 0 aromatic carbocycles. The van der Waals surface area contributed by atoms with E-state index in [1.165, 1.54) is 0 Å². The van der Waals surface area contributed by atoms with E-state index in [2.05, 4.69) is 36.1 Å². The summed E-state index contributed by atoms with van der Waals surface area (Å²) in [6.45, 7) is 3.36. The molecule has 2 aromatic heterocycles. The first-order valence-corrected chi connectivity index (χ1v) is 7.85. The standard InChI is InChI=1S/C15H17BrN4O/c1-10(21)19-12-3-2-6-20(9-12)14-4-5-17-13-7-11(16)8-18-15(13)14/h4-5,7-8,12H,2-3,6,9H2,1H3,(H,19,21)/t12-/m1/s1. The maximum Gasteiger partial charge on any atom is 0.217 e. The molecule has 0 spiro atoms. The molecule has 21 heavy (non-hydrogen) atoms. The molecule has 3 heterocycles. The first-order valence-electron chi connectivity index (χ1n) is 7.06. The summed E-state index contributed by atoms with van der Waals surface area (Å²) in [6.07, 6.45) is 5.69. The number of nitrogens with zero attached hydrogens (tertiary/aromatic N) is 3. The van der Waals surface area contributed by atoms with Gasteiger partial charge in [0.2, 0.25) is 5.91 Å². The zero-order chi connectivity index (χ0) is 14.8. The lowest BCUT2D eigenvalue weighted by Crippen LogP contribution is -2.47. The van der Waals surface area contributed by atoms with Crippen LogP contribution in [-0.2, 0) is 4.79 Å². The van der Waals surface area contributed by atoms with Crippen molar-refractivity contribution in [1.29, 1.82) is 0 Å². The summed E-state index contributed by atoms with van der Waals surface area (Å²) < 4.78 is 0.925. The highest BCUT2D eigenvalue weighted by molar-refractivity contribution is 9.10. The molecule has 1 amide bonds. The number of nitrogens with one attached hydrogen (secondary N) is 1. The van der Waals surface area contributed by atoms with Crippen molar-refractivity contribution in [3.05, 3.63) is 29.0 Å². The van der Waals surface area contributed by atoms with E-state index >= 15 is 0 Å². The molecule has 1 fully saturated rings. The number of anilines is 1. The summed E-state index contributed by atoms with van der Waals surface area (Å²) >= 11 is 3.43. The van der Waals surface area contributed by atoms with Crippen LogP contribution in [-0.4, -0.2) is 35.0 Å². The summed E-state index contributed by atoms with van der Waals surface area (Å²) in [6, 6.07) is 4.18. The highest BCUT2D eigenvalue weighted by Crippen LogP contribution is 2.27. The van der Waals surface area contributed by atoms with Crippen LogP contribution in [0.2, 0.25) is 0 Å². The van der Waals surface area contributed by atoms with Crippen molar-refractivity contribution < 1.29 is 4.79 Å². The maximum absolute atomic E-state index is 11.2. The maximum atomic E-state index is 11.2. The molecule has 1 aliphatic heterocycles. The number of hydrogen-bond acceptors (Lipinski definition) is 4. The van der Waals surface area contributed by atoms with Crippen LogP contribution in [0.4, 0.5) is 5.69 Å². The quantitative estimate of drug-likeness (QED) is 0.905. The molecule has 6 heteroatoms. The lowest BCUT2D eigenvalue weighted by Gasteiger charge is -2.34. The average molecular weight is 349 g/mol. The number of halogens is 1. The van der Waals surface area contributed by atoms with Gasteiger partial charge in [0, 0.05) is 42.9 Å². The fraction of sp³-hybridized carbons (Fsp3) is 0.400. The van der Waals surface area contributed by atoms with E-state index < -0.39 is 0 Å². The van der Waals surface area contributed by atoms with Gasteiger partial charge in [0.25, 0.3) is 0 Å². The van der Waals surface area contributed by atoms with E-state index in [0.717, 1.165) is 47.1 Å². The van der Waals surface area contributed by atoms with Gasteiger partial charge in [-0.2, -0.15) is 0 Å². The van der Waals surface area contributed by atoms with E-state index in [0.29, 0.717) is 0 Å². The Morgan fingerprint density at radius 1 is 1.48 bits per heavy atom. The Bertz CT molecular complexity index is 676. The zero-order valence-electron chi connectivity index (χ0n) is 11.8. The molecule has 2 aromatic rings. The molecule has 1 saturated heterocycles. The smallest absolute Gasteiger partial charge is 0.217 e. The van der Waals surface area contributed by atoms with Gasteiger partial charge in [-0.25, -0.2) is 0 Å². The third-order valence-corrected chi connectivity index (χ3v) is 4.13. The molecule has 1 atom stereocenters. The van der Waals surface area contributed by atoms with Gasteiger partial charge < -0.3 is 10.2 Å². The minimum atomic E-state index is 0.0310. The van der Waals surface area contributed by atoms with Crippen LogP contribution in [0.15, 0.2) is 29.0 Å². The fourth-order valence-electron chi connectivity index (χ4n) is 2.85. The number of rotatable bonds is 2. The van der Waals surface area contributed by atoms with Gasteiger partial charge in [-0.15, -0.1) is 0 Å². The van der Waals surface area contributed by atoms with Gasteiger partial charge in [0.1, 0.15) is 5.52 Å². The van der Waals surface area contributed by atoms with Crippen LogP contribution in [0.3, 0.4) is 0 Å². The van der Waals surface area contributed by atoms with Crippen molar-refractivity contribution in [3.8, 4) is 0 Å². The Balaban J connectivity index is 1.91. The first kappa shape index (κ1) is 14.3. The van der Waals surface area contributed by atoms with Crippen LogP contribution in [0.5, 0.6) is 0 Å². The summed E-state index contributed by atoms with van der Waals surface area (Å²) in [4.78, 5) is 22.4. The molecule has 0 saturated carbocycles. The second kappa shape index (κ2) is 5.97. The number of pyridine rings is 2. The second-order valence-electron chi connectivity index (χ2n) is 5.34. The van der Waals surface area contributed by atoms with Gasteiger partial charge >= 0.3 is 0 Å². The number of hydrogen-bond donors (Lipinski definition) is 1. The topological polar surface area (TPSA) is 58.1 Å². The van der Waals surface area contributed by atoms with Crippen molar-refractivity contribution in [1.82, 2.24) is 15.3 Å². The highest BCUT2D eigenvalue weighted by Gasteiger charge is 2.22. The summed E-state index contributed by atoms with van der Waals surface area (Å²) in [5.41, 5.74) is 2.87. The van der Waals surface area contributed by atoms with Crippen molar-refractivity contribution in [2.24, 2.45) is 0 Å². The predicted molar refractivity (Wildman–Crippen MR) is 86.3 cm³/mol. The van der Waals surface area contributed by atoms with E-state index in [1.54, 1.807) is 13.1 Å². The second-order valence-corrected chi connectivity index (χ2v) is 6.25. The molecule has 0 bridgehead atoms. The molecular formula is C15H17BrN4O. The predicted octanol–water partition coefficient (Wildman–Crippen LogP) is 2.50. The first-order chi connectivity index (χ1) is 10.1. The van der Waals surface area contributed by atoms with Crippen LogP contribution in [0.1, 0.15) is 19.8 Å². The average Bonchev–Trinajstić information content (AvgIpc) is 2.46. The Labute approximate surface area is 131 Å². The minimum absolute atomic E-state index is 0.0310. The molecule has 1 aliphatic rings. The van der Waals surface area contributed by atoms with Crippen LogP contribution in [0.25, 0.3) is 11.0 Å². The van der Waals surface area contributed by atoms with Crippen molar-refractivity contribution in [2.45, 2.75) is 25.8 Å². The van der Waals surface area contributed by atoms with Crippen molar-refractivity contribution in [2.75, 3.05) is 18.0 Å². The normalized spacial score (nSPS) is 18.8. The van der Waals surface area contributed by atoms with Crippen LogP contribution in [0, 0.1) is 0 Å². The number of amides is 1. The SMILES string of the molecule is CC(=O)N[C@@H]1CCCN(c2ccnc3cc(Br)cnc23)C1. The van der Waals surface area contributed by atoms with Gasteiger partial charge in [-0.05, 0) is 40.9 Å². The molecule has 0 radical (unpaired) electrons. The van der Waals surface area contributed by atoms with E-state index in [4.69, 9.17) is 0 Å². The van der Waals surface area contributed by atoms with Gasteiger partial charge in [0.05, 0.1) is 11.2 Å². The molecule has 5 nitrogen and oxygen atoms in total. The number of carbonyl (C=O) groups excluding carboxylic acids is 1. The monoisotopic (exact) mass is 348 g/mol. The Morgan fingerprint density at radius 2 is 2.33 bits per heavy atom. The molecule has 0 unspecified atom stereocenters. The van der Waals surface area contributed by atoms with Crippen molar-refractivity contribution >= 4 is 38.6 Å². The highest BCUT2D eigenvalue weighted by atomic mass is 79.9. The zero-order valence-corrected chi connectivity index (χ0v) is 13.4. The third kappa shape index (κ3) is 3.15. The van der Waals surface area contributed by atoms with E-state index in [1.807, 2.05) is 18.3 Å². The van der Waals surface area contributed by atoms with E-state index in [9.17, 15) is 4.79 Å². The minimum Gasteiger partial charge on any atom is -0.368 e. The number of piperidine rings is 1.